The number of ether oxygens (including phenoxy) is 1. The van der Waals surface area contributed by atoms with Gasteiger partial charge in [-0.1, -0.05) is 6.58 Å². The van der Waals surface area contributed by atoms with Gasteiger partial charge < -0.3 is 9.84 Å². The molecular weight excluding hydrogens is 232 g/mol. The number of nitriles is 2. The molecule has 0 aromatic heterocycles. The molecule has 0 rings (SSSR count). The molecule has 0 bridgehead atoms. The summed E-state index contributed by atoms with van der Waals surface area (Å²) in [5.74, 6) is -0.981. The van der Waals surface area contributed by atoms with Crippen molar-refractivity contribution in [2.24, 2.45) is 0 Å². The molecule has 5 heteroatoms. The van der Waals surface area contributed by atoms with E-state index in [1.54, 1.807) is 0 Å². The smallest absolute Gasteiger partial charge is 0.327 e. The highest BCUT2D eigenvalue weighted by Gasteiger charge is 1.90. The Morgan fingerprint density at radius 2 is 1.50 bits per heavy atom. The number of carbonyl (C=O) groups is 1. The van der Waals surface area contributed by atoms with Gasteiger partial charge in [0.05, 0.1) is 12.1 Å². The summed E-state index contributed by atoms with van der Waals surface area (Å²) in [6.45, 7) is 4.45. The molecule has 0 amide bonds. The summed E-state index contributed by atoms with van der Waals surface area (Å²) in [6.07, 6.45) is 5.86. The van der Waals surface area contributed by atoms with Crippen LogP contribution in [-0.2, 0) is 9.53 Å². The van der Waals surface area contributed by atoms with E-state index in [2.05, 4.69) is 18.7 Å². The zero-order valence-corrected chi connectivity index (χ0v) is 10.6. The molecule has 0 atom stereocenters. The van der Waals surface area contributed by atoms with Gasteiger partial charge in [-0.2, -0.15) is 10.5 Å². The third-order valence-electron chi connectivity index (χ3n) is 1.83. The Bertz CT molecular complexity index is 270. The van der Waals surface area contributed by atoms with Crippen LogP contribution in [0.3, 0.4) is 0 Å². The van der Waals surface area contributed by atoms with E-state index in [-0.39, 0.29) is 0 Å². The fourth-order valence-corrected chi connectivity index (χ4v) is 0.918. The number of rotatable bonds is 9. The number of carboxylic acids is 1. The lowest BCUT2D eigenvalue weighted by atomic mass is 10.2. The van der Waals surface area contributed by atoms with Crippen molar-refractivity contribution in [1.82, 2.24) is 0 Å². The van der Waals surface area contributed by atoms with Gasteiger partial charge in [-0.05, 0) is 25.7 Å². The number of unbranched alkanes of at least 4 members (excludes halogenated alkanes) is 4. The highest BCUT2D eigenvalue weighted by Crippen LogP contribution is 1.97. The molecule has 0 spiro atoms. The SMILES string of the molecule is C=CC(=O)O.N#CCCCCOCCCCC#N. The van der Waals surface area contributed by atoms with E-state index >= 15 is 0 Å². The highest BCUT2D eigenvalue weighted by atomic mass is 16.5. The lowest BCUT2D eigenvalue weighted by molar-refractivity contribution is -0.131. The van der Waals surface area contributed by atoms with Crippen LogP contribution in [0.25, 0.3) is 0 Å². The maximum atomic E-state index is 9.25. The average Bonchev–Trinajstić information content (AvgIpc) is 2.37. The summed E-state index contributed by atoms with van der Waals surface area (Å²) in [5, 5.41) is 24.1. The molecule has 0 fully saturated rings. The number of carboxylic acid groups (broad SMARTS) is 1. The van der Waals surface area contributed by atoms with Gasteiger partial charge in [0.25, 0.3) is 0 Å². The number of hydrogen-bond donors (Lipinski definition) is 1. The third-order valence-corrected chi connectivity index (χ3v) is 1.83. The van der Waals surface area contributed by atoms with Crippen LogP contribution in [0, 0.1) is 22.7 Å². The summed E-state index contributed by atoms with van der Waals surface area (Å²) in [7, 11) is 0. The fourth-order valence-electron chi connectivity index (χ4n) is 0.918. The van der Waals surface area contributed by atoms with Gasteiger partial charge in [0.1, 0.15) is 0 Å². The Labute approximate surface area is 108 Å². The van der Waals surface area contributed by atoms with Crippen molar-refractivity contribution in [1.29, 1.82) is 10.5 Å². The van der Waals surface area contributed by atoms with Crippen LogP contribution in [0.5, 0.6) is 0 Å². The van der Waals surface area contributed by atoms with E-state index in [0.29, 0.717) is 12.8 Å². The molecule has 0 aromatic rings. The van der Waals surface area contributed by atoms with E-state index in [0.717, 1.165) is 45.0 Å². The van der Waals surface area contributed by atoms with Crippen molar-refractivity contribution in [2.75, 3.05) is 13.2 Å². The highest BCUT2D eigenvalue weighted by molar-refractivity contribution is 5.78. The van der Waals surface area contributed by atoms with Crippen molar-refractivity contribution < 1.29 is 14.6 Å². The van der Waals surface area contributed by atoms with E-state index in [9.17, 15) is 4.79 Å². The van der Waals surface area contributed by atoms with Crippen LogP contribution in [0.1, 0.15) is 38.5 Å². The van der Waals surface area contributed by atoms with Crippen molar-refractivity contribution in [3.63, 3.8) is 0 Å². The van der Waals surface area contributed by atoms with Gasteiger partial charge in [-0.15, -0.1) is 0 Å². The molecule has 18 heavy (non-hydrogen) atoms. The fraction of sp³-hybridized carbons (Fsp3) is 0.615. The number of nitrogens with zero attached hydrogens (tertiary/aromatic N) is 2. The molecule has 0 unspecified atom stereocenters. The molecule has 0 saturated carbocycles. The summed E-state index contributed by atoms with van der Waals surface area (Å²) in [4.78, 5) is 9.25. The Morgan fingerprint density at radius 3 is 1.78 bits per heavy atom. The molecular formula is C13H20N2O3. The second-order valence-corrected chi connectivity index (χ2v) is 3.39. The molecule has 0 saturated heterocycles. The number of aliphatic carboxylic acids is 1. The topological polar surface area (TPSA) is 94.1 Å². The molecule has 1 N–H and O–H groups in total. The van der Waals surface area contributed by atoms with Gasteiger partial charge in [0.15, 0.2) is 0 Å². The van der Waals surface area contributed by atoms with Gasteiger partial charge in [0, 0.05) is 32.1 Å². The van der Waals surface area contributed by atoms with Crippen LogP contribution in [0.15, 0.2) is 12.7 Å². The second kappa shape index (κ2) is 17.5. The van der Waals surface area contributed by atoms with Crippen LogP contribution < -0.4 is 0 Å². The number of hydrogen-bond acceptors (Lipinski definition) is 4. The van der Waals surface area contributed by atoms with E-state index < -0.39 is 5.97 Å². The minimum atomic E-state index is -0.981. The first kappa shape index (κ1) is 18.5. The summed E-state index contributed by atoms with van der Waals surface area (Å²) in [6, 6.07) is 4.19. The predicted molar refractivity (Wildman–Crippen MR) is 67.6 cm³/mol. The lowest BCUT2D eigenvalue weighted by Crippen LogP contribution is -1.96. The zero-order valence-electron chi connectivity index (χ0n) is 10.6. The second-order valence-electron chi connectivity index (χ2n) is 3.39. The molecule has 0 aliphatic heterocycles. The van der Waals surface area contributed by atoms with Gasteiger partial charge in [0.2, 0.25) is 0 Å². The van der Waals surface area contributed by atoms with E-state index in [1.165, 1.54) is 0 Å². The van der Waals surface area contributed by atoms with Crippen LogP contribution in [0.2, 0.25) is 0 Å². The molecule has 0 radical (unpaired) electrons. The molecule has 0 aliphatic rings. The average molecular weight is 252 g/mol. The predicted octanol–water partition coefficient (Wildman–Crippen LogP) is 2.65. The maximum Gasteiger partial charge on any atom is 0.327 e. The Balaban J connectivity index is 0. The van der Waals surface area contributed by atoms with Crippen molar-refractivity contribution in [2.45, 2.75) is 38.5 Å². The Morgan fingerprint density at radius 1 is 1.11 bits per heavy atom. The largest absolute Gasteiger partial charge is 0.478 e. The monoisotopic (exact) mass is 252 g/mol. The van der Waals surface area contributed by atoms with Crippen molar-refractivity contribution in [3.05, 3.63) is 12.7 Å². The summed E-state index contributed by atoms with van der Waals surface area (Å²) >= 11 is 0. The van der Waals surface area contributed by atoms with Gasteiger partial charge >= 0.3 is 5.97 Å². The van der Waals surface area contributed by atoms with Crippen molar-refractivity contribution >= 4 is 5.97 Å². The van der Waals surface area contributed by atoms with E-state index in [1.807, 2.05) is 0 Å². The lowest BCUT2D eigenvalue weighted by Gasteiger charge is -2.01. The molecule has 0 aliphatic carbocycles. The van der Waals surface area contributed by atoms with E-state index in [4.69, 9.17) is 20.4 Å². The van der Waals surface area contributed by atoms with Gasteiger partial charge in [-0.3, -0.25) is 0 Å². The maximum absolute atomic E-state index is 9.25. The summed E-state index contributed by atoms with van der Waals surface area (Å²) < 4.78 is 5.31. The zero-order chi connectivity index (χ0) is 14.1. The van der Waals surface area contributed by atoms with Crippen molar-refractivity contribution in [3.8, 4) is 12.1 Å². The first-order chi connectivity index (χ1) is 8.68. The normalized spacial score (nSPS) is 8.33. The standard InChI is InChI=1S/C10H16N2O.C3H4O2/c11-7-3-1-5-9-13-10-6-2-4-8-12;1-2-3(4)5/h1-6,9-10H2;2H,1H2,(H,4,5). The van der Waals surface area contributed by atoms with Crippen LogP contribution in [-0.4, -0.2) is 24.3 Å². The molecule has 0 aromatic carbocycles. The van der Waals surface area contributed by atoms with Crippen LogP contribution in [0.4, 0.5) is 0 Å². The third kappa shape index (κ3) is 23.8. The van der Waals surface area contributed by atoms with Crippen LogP contribution >= 0.6 is 0 Å². The first-order valence-corrected chi connectivity index (χ1v) is 5.86. The minimum absolute atomic E-state index is 0.623. The minimum Gasteiger partial charge on any atom is -0.478 e. The summed E-state index contributed by atoms with van der Waals surface area (Å²) in [5.41, 5.74) is 0. The van der Waals surface area contributed by atoms with Gasteiger partial charge in [-0.25, -0.2) is 4.79 Å². The molecule has 100 valence electrons. The Hall–Kier alpha value is -1.85. The molecule has 5 nitrogen and oxygen atoms in total. The Kier molecular flexibility index (Phi) is 18.0. The first-order valence-electron chi connectivity index (χ1n) is 5.86. The quantitative estimate of drug-likeness (QED) is 0.503. The molecule has 0 heterocycles.